The average molecular weight is 634 g/mol. The fourth-order valence-electron chi connectivity index (χ4n) is 5.31. The molecule has 1 aliphatic heterocycles. The molecule has 1 aliphatic rings. The molecule has 2 N–H and O–H groups in total. The van der Waals surface area contributed by atoms with Crippen LogP contribution in [0, 0.1) is 6.92 Å². The van der Waals surface area contributed by atoms with Crippen LogP contribution in [0.2, 0.25) is 5.15 Å². The Morgan fingerprint density at radius 3 is 2.61 bits per heavy atom. The molecule has 0 fully saturated rings. The summed E-state index contributed by atoms with van der Waals surface area (Å²) in [6.07, 6.45) is 4.53. The second kappa shape index (κ2) is 11.0. The summed E-state index contributed by atoms with van der Waals surface area (Å²) in [5, 5.41) is 8.41. The number of nitrogens with one attached hydrogen (secondary N) is 2. The number of halogens is 1. The molecule has 0 bridgehead atoms. The second-order valence-electron chi connectivity index (χ2n) is 10.7. The van der Waals surface area contributed by atoms with Crippen LogP contribution in [-0.2, 0) is 30.2 Å². The van der Waals surface area contributed by atoms with Gasteiger partial charge in [0.05, 0.1) is 41.1 Å². The first-order valence-electron chi connectivity index (χ1n) is 13.6. The van der Waals surface area contributed by atoms with Crippen molar-refractivity contribution in [3.8, 4) is 5.82 Å². The third kappa shape index (κ3) is 5.61. The Hall–Kier alpha value is -4.82. The highest BCUT2D eigenvalue weighted by Crippen LogP contribution is 2.31. The van der Waals surface area contributed by atoms with Gasteiger partial charge in [0.1, 0.15) is 5.15 Å². The number of aryl methyl sites for hydroxylation is 1. The Morgan fingerprint density at radius 2 is 1.91 bits per heavy atom. The topological polar surface area (TPSA) is 157 Å². The standard InChI is InChI=1S/C29H28ClN9O4S/c1-16-11-19(17(2)32-21-8-9-23(30)33-26(21)27(40)36-44(4,42)43)25-20(12-16)28(41)37(3)29(34-25)38-13-18-14-39(35-22(18)15-38)24-7-5-6-10-31-24/h5-12,14,17,32H,13,15H2,1-4H3,(H,36,40)/t17-/m1/s1. The van der Waals surface area contributed by atoms with Crippen LogP contribution >= 0.6 is 11.6 Å². The second-order valence-corrected chi connectivity index (χ2v) is 12.9. The molecule has 1 aromatic carbocycles. The van der Waals surface area contributed by atoms with Crippen LogP contribution in [0.4, 0.5) is 11.6 Å². The third-order valence-electron chi connectivity index (χ3n) is 7.27. The van der Waals surface area contributed by atoms with E-state index in [0.29, 0.717) is 35.5 Å². The maximum absolute atomic E-state index is 13.7. The molecule has 0 saturated heterocycles. The zero-order valence-electron chi connectivity index (χ0n) is 24.2. The number of carbonyl (C=O) groups is 1. The van der Waals surface area contributed by atoms with Gasteiger partial charge >= 0.3 is 0 Å². The van der Waals surface area contributed by atoms with E-state index in [9.17, 15) is 18.0 Å². The molecule has 5 heterocycles. The smallest absolute Gasteiger partial charge is 0.285 e. The minimum absolute atomic E-state index is 0.0240. The number of amides is 1. The normalized spacial score (nSPS) is 13.6. The van der Waals surface area contributed by atoms with Gasteiger partial charge in [0.2, 0.25) is 16.0 Å². The molecule has 6 rings (SSSR count). The summed E-state index contributed by atoms with van der Waals surface area (Å²) in [6.45, 7) is 4.72. The molecule has 15 heteroatoms. The van der Waals surface area contributed by atoms with E-state index in [0.717, 1.165) is 28.9 Å². The molecule has 13 nitrogen and oxygen atoms in total. The zero-order valence-corrected chi connectivity index (χ0v) is 25.8. The van der Waals surface area contributed by atoms with E-state index in [1.165, 1.54) is 6.07 Å². The fourth-order valence-corrected chi connectivity index (χ4v) is 5.89. The van der Waals surface area contributed by atoms with Gasteiger partial charge in [-0.2, -0.15) is 5.10 Å². The van der Waals surface area contributed by atoms with Crippen molar-refractivity contribution in [1.29, 1.82) is 0 Å². The molecular formula is C29H28ClN9O4S. The van der Waals surface area contributed by atoms with E-state index in [-0.39, 0.29) is 22.1 Å². The molecule has 226 valence electrons. The summed E-state index contributed by atoms with van der Waals surface area (Å²) in [5.74, 6) is 0.286. The van der Waals surface area contributed by atoms with Crippen molar-refractivity contribution in [2.75, 3.05) is 16.5 Å². The van der Waals surface area contributed by atoms with Crippen molar-refractivity contribution in [3.63, 3.8) is 0 Å². The maximum atomic E-state index is 13.7. The van der Waals surface area contributed by atoms with Crippen LogP contribution in [0.3, 0.4) is 0 Å². The van der Waals surface area contributed by atoms with E-state index in [1.54, 1.807) is 34.6 Å². The Labute approximate surface area is 257 Å². The summed E-state index contributed by atoms with van der Waals surface area (Å²) < 4.78 is 28.6. The molecule has 0 aliphatic carbocycles. The number of rotatable bonds is 7. The Morgan fingerprint density at radius 1 is 1.11 bits per heavy atom. The van der Waals surface area contributed by atoms with Gasteiger partial charge in [0.25, 0.3) is 11.5 Å². The predicted octanol–water partition coefficient (Wildman–Crippen LogP) is 3.25. The molecule has 0 saturated carbocycles. The van der Waals surface area contributed by atoms with Gasteiger partial charge in [-0.05, 0) is 49.7 Å². The van der Waals surface area contributed by atoms with E-state index < -0.39 is 22.0 Å². The van der Waals surface area contributed by atoms with Gasteiger partial charge in [-0.1, -0.05) is 23.7 Å². The molecule has 1 amide bonds. The Bertz CT molecular complexity index is 2090. The van der Waals surface area contributed by atoms with Crippen molar-refractivity contribution in [1.82, 2.24) is 34.0 Å². The Kier molecular flexibility index (Phi) is 7.33. The number of carbonyl (C=O) groups excluding carboxylic acids is 1. The largest absolute Gasteiger partial charge is 0.377 e. The van der Waals surface area contributed by atoms with Crippen LogP contribution in [0.25, 0.3) is 16.7 Å². The summed E-state index contributed by atoms with van der Waals surface area (Å²) in [7, 11) is -2.14. The van der Waals surface area contributed by atoms with Gasteiger partial charge in [-0.3, -0.25) is 14.2 Å². The van der Waals surface area contributed by atoms with E-state index in [2.05, 4.69) is 15.3 Å². The first kappa shape index (κ1) is 29.3. The number of aromatic nitrogens is 6. The summed E-state index contributed by atoms with van der Waals surface area (Å²) in [5.41, 5.74) is 3.82. The van der Waals surface area contributed by atoms with Gasteiger partial charge in [0.15, 0.2) is 11.5 Å². The molecule has 1 atom stereocenters. The minimum Gasteiger partial charge on any atom is -0.377 e. The van der Waals surface area contributed by atoms with Crippen molar-refractivity contribution in [2.24, 2.45) is 7.05 Å². The minimum atomic E-state index is -3.84. The molecule has 5 aromatic rings. The number of fused-ring (bicyclic) bond motifs is 2. The van der Waals surface area contributed by atoms with E-state index >= 15 is 0 Å². The highest BCUT2D eigenvalue weighted by Gasteiger charge is 2.28. The van der Waals surface area contributed by atoms with Crippen molar-refractivity contribution < 1.29 is 13.2 Å². The van der Waals surface area contributed by atoms with Gasteiger partial charge in [0, 0.05) is 37.1 Å². The number of anilines is 2. The van der Waals surface area contributed by atoms with E-state index in [1.807, 2.05) is 53.9 Å². The lowest BCUT2D eigenvalue weighted by atomic mass is 10.0. The van der Waals surface area contributed by atoms with E-state index in [4.69, 9.17) is 21.7 Å². The zero-order chi connectivity index (χ0) is 31.3. The highest BCUT2D eigenvalue weighted by atomic mass is 35.5. The van der Waals surface area contributed by atoms with Gasteiger partial charge in [-0.15, -0.1) is 0 Å². The molecule has 0 spiro atoms. The number of hydrogen-bond donors (Lipinski definition) is 2. The molecule has 44 heavy (non-hydrogen) atoms. The quantitative estimate of drug-likeness (QED) is 0.255. The van der Waals surface area contributed by atoms with Crippen LogP contribution in [-0.4, -0.2) is 49.9 Å². The first-order chi connectivity index (χ1) is 20.9. The molecule has 4 aromatic heterocycles. The van der Waals surface area contributed by atoms with Crippen molar-refractivity contribution >= 4 is 50.1 Å². The predicted molar refractivity (Wildman–Crippen MR) is 167 cm³/mol. The SMILES string of the molecule is Cc1cc([C@@H](C)Nc2ccc(Cl)nc2C(=O)NS(C)(=O)=O)c2nc(N3Cc4cn(-c5ccccn5)nc4C3)n(C)c(=O)c2c1. The van der Waals surface area contributed by atoms with Gasteiger partial charge in [-0.25, -0.2) is 32.8 Å². The summed E-state index contributed by atoms with van der Waals surface area (Å²) in [6, 6.07) is 11.9. The van der Waals surface area contributed by atoms with Crippen LogP contribution < -0.4 is 20.5 Å². The average Bonchev–Trinajstić information content (AvgIpc) is 3.55. The lowest BCUT2D eigenvalue weighted by Gasteiger charge is -2.23. The van der Waals surface area contributed by atoms with Crippen LogP contribution in [0.1, 0.15) is 45.8 Å². The molecular weight excluding hydrogens is 606 g/mol. The van der Waals surface area contributed by atoms with Crippen LogP contribution in [0.5, 0.6) is 0 Å². The lowest BCUT2D eigenvalue weighted by molar-refractivity contribution is 0.0977. The highest BCUT2D eigenvalue weighted by molar-refractivity contribution is 7.89. The third-order valence-corrected chi connectivity index (χ3v) is 8.04. The lowest BCUT2D eigenvalue weighted by Crippen LogP contribution is -2.31. The number of hydrogen-bond acceptors (Lipinski definition) is 10. The number of pyridine rings is 2. The number of sulfonamides is 1. The monoisotopic (exact) mass is 633 g/mol. The fraction of sp³-hybridized carbons (Fsp3) is 0.241. The van der Waals surface area contributed by atoms with Crippen molar-refractivity contribution in [2.45, 2.75) is 33.0 Å². The van der Waals surface area contributed by atoms with Gasteiger partial charge < -0.3 is 10.2 Å². The maximum Gasteiger partial charge on any atom is 0.285 e. The number of benzene rings is 1. The van der Waals surface area contributed by atoms with Crippen LogP contribution in [0.15, 0.2) is 59.7 Å². The molecule has 0 radical (unpaired) electrons. The summed E-state index contributed by atoms with van der Waals surface area (Å²) >= 11 is 6.03. The first-order valence-corrected chi connectivity index (χ1v) is 15.8. The Balaban J connectivity index is 1.36. The number of nitrogens with zero attached hydrogens (tertiary/aromatic N) is 7. The van der Waals surface area contributed by atoms with Crippen molar-refractivity contribution in [3.05, 3.63) is 98.4 Å². The molecule has 0 unspecified atom stereocenters. The summed E-state index contributed by atoms with van der Waals surface area (Å²) in [4.78, 5) is 41.8.